The van der Waals surface area contributed by atoms with Gasteiger partial charge in [-0.3, -0.25) is 9.89 Å². The summed E-state index contributed by atoms with van der Waals surface area (Å²) in [4.78, 5) is 11.9. The number of hydrogen-bond acceptors (Lipinski definition) is 3. The average molecular weight is 241 g/mol. The van der Waals surface area contributed by atoms with E-state index in [1.54, 1.807) is 0 Å². The van der Waals surface area contributed by atoms with Gasteiger partial charge in [0.25, 0.3) is 0 Å². The molecule has 0 bridgehead atoms. The van der Waals surface area contributed by atoms with Crippen LogP contribution in [0.25, 0.3) is 0 Å². The molecule has 2 N–H and O–H groups in total. The second kappa shape index (κ2) is 4.29. The molecule has 1 aliphatic rings. The number of anilines is 2. The topological polar surface area (TPSA) is 57.8 Å². The smallest absolute Gasteiger partial charge is 0.168 e. The van der Waals surface area contributed by atoms with Crippen LogP contribution < -0.4 is 5.32 Å². The molecule has 1 aromatic carbocycles. The fourth-order valence-electron chi connectivity index (χ4n) is 2.36. The quantitative estimate of drug-likeness (QED) is 0.849. The van der Waals surface area contributed by atoms with Crippen molar-refractivity contribution in [3.8, 4) is 0 Å². The summed E-state index contributed by atoms with van der Waals surface area (Å²) in [6.45, 7) is 2.04. The lowest BCUT2D eigenvalue weighted by Gasteiger charge is -2.11. The molecule has 4 nitrogen and oxygen atoms in total. The van der Waals surface area contributed by atoms with Crippen LogP contribution in [-0.2, 0) is 6.42 Å². The molecule has 0 atom stereocenters. The van der Waals surface area contributed by atoms with Crippen LogP contribution in [0, 0.1) is 6.92 Å². The number of ketones is 1. The first kappa shape index (κ1) is 11.0. The molecule has 1 heterocycles. The van der Waals surface area contributed by atoms with Crippen LogP contribution in [0.15, 0.2) is 24.3 Å². The lowest BCUT2D eigenvalue weighted by Crippen LogP contribution is -2.10. The van der Waals surface area contributed by atoms with E-state index in [4.69, 9.17) is 0 Å². The molecular formula is C14H15N3O. The number of hydrogen-bond donors (Lipinski definition) is 2. The number of aryl methyl sites for hydroxylation is 2. The van der Waals surface area contributed by atoms with E-state index in [9.17, 15) is 4.79 Å². The van der Waals surface area contributed by atoms with Crippen molar-refractivity contribution in [3.63, 3.8) is 0 Å². The molecule has 92 valence electrons. The SMILES string of the molecule is Cc1cccc(Nc2n[nH]c3c2C(=O)CCC3)c1. The van der Waals surface area contributed by atoms with E-state index in [2.05, 4.69) is 15.5 Å². The maximum atomic E-state index is 11.9. The van der Waals surface area contributed by atoms with Gasteiger partial charge in [-0.05, 0) is 37.5 Å². The number of aromatic amines is 1. The van der Waals surface area contributed by atoms with Gasteiger partial charge in [0, 0.05) is 17.8 Å². The molecule has 3 rings (SSSR count). The maximum absolute atomic E-state index is 11.9. The molecule has 0 spiro atoms. The predicted octanol–water partition coefficient (Wildman–Crippen LogP) is 2.98. The van der Waals surface area contributed by atoms with E-state index in [1.165, 1.54) is 5.56 Å². The monoisotopic (exact) mass is 241 g/mol. The number of aromatic nitrogens is 2. The van der Waals surface area contributed by atoms with E-state index in [1.807, 2.05) is 31.2 Å². The first-order valence-corrected chi connectivity index (χ1v) is 6.18. The number of H-pyrrole nitrogens is 1. The van der Waals surface area contributed by atoms with Gasteiger partial charge in [-0.25, -0.2) is 0 Å². The Morgan fingerprint density at radius 1 is 1.33 bits per heavy atom. The molecule has 1 aromatic heterocycles. The number of carbonyl (C=O) groups is 1. The Labute approximate surface area is 105 Å². The van der Waals surface area contributed by atoms with Crippen LogP contribution in [0.1, 0.15) is 34.5 Å². The molecule has 1 aliphatic carbocycles. The number of carbonyl (C=O) groups excluding carboxylic acids is 1. The molecule has 4 heteroatoms. The van der Waals surface area contributed by atoms with Crippen LogP contribution in [0.3, 0.4) is 0 Å². The molecule has 0 unspecified atom stereocenters. The molecular weight excluding hydrogens is 226 g/mol. The third kappa shape index (κ3) is 1.90. The van der Waals surface area contributed by atoms with Gasteiger partial charge in [0.15, 0.2) is 11.6 Å². The molecule has 18 heavy (non-hydrogen) atoms. The first-order valence-electron chi connectivity index (χ1n) is 6.18. The largest absolute Gasteiger partial charge is 0.338 e. The number of nitrogens with zero attached hydrogens (tertiary/aromatic N) is 1. The van der Waals surface area contributed by atoms with Crippen LogP contribution in [0.2, 0.25) is 0 Å². The molecule has 0 fully saturated rings. The Morgan fingerprint density at radius 3 is 3.06 bits per heavy atom. The van der Waals surface area contributed by atoms with E-state index in [0.29, 0.717) is 12.2 Å². The maximum Gasteiger partial charge on any atom is 0.168 e. The van der Waals surface area contributed by atoms with Crippen molar-refractivity contribution in [2.24, 2.45) is 0 Å². The van der Waals surface area contributed by atoms with Gasteiger partial charge in [-0.1, -0.05) is 12.1 Å². The molecule has 0 radical (unpaired) electrons. The summed E-state index contributed by atoms with van der Waals surface area (Å²) in [5.74, 6) is 0.834. The first-order chi connectivity index (χ1) is 8.74. The summed E-state index contributed by atoms with van der Waals surface area (Å²) >= 11 is 0. The zero-order chi connectivity index (χ0) is 12.5. The van der Waals surface area contributed by atoms with Crippen molar-refractivity contribution >= 4 is 17.3 Å². The predicted molar refractivity (Wildman–Crippen MR) is 70.3 cm³/mol. The second-order valence-electron chi connectivity index (χ2n) is 4.70. The van der Waals surface area contributed by atoms with Gasteiger partial charge < -0.3 is 5.32 Å². The molecule has 0 aliphatic heterocycles. The van der Waals surface area contributed by atoms with E-state index < -0.39 is 0 Å². The van der Waals surface area contributed by atoms with Crippen LogP contribution >= 0.6 is 0 Å². The average Bonchev–Trinajstić information content (AvgIpc) is 2.74. The number of nitrogens with one attached hydrogen (secondary N) is 2. The van der Waals surface area contributed by atoms with Crippen molar-refractivity contribution in [2.45, 2.75) is 26.2 Å². The van der Waals surface area contributed by atoms with E-state index >= 15 is 0 Å². The van der Waals surface area contributed by atoms with Crippen LogP contribution in [0.5, 0.6) is 0 Å². The minimum Gasteiger partial charge on any atom is -0.338 e. The lowest BCUT2D eigenvalue weighted by molar-refractivity contribution is 0.0973. The molecule has 0 saturated carbocycles. The second-order valence-corrected chi connectivity index (χ2v) is 4.70. The Kier molecular flexibility index (Phi) is 2.63. The Hall–Kier alpha value is -2.10. The number of rotatable bonds is 2. The molecule has 2 aromatic rings. The summed E-state index contributed by atoms with van der Waals surface area (Å²) in [5.41, 5.74) is 3.84. The lowest BCUT2D eigenvalue weighted by atomic mass is 9.96. The fourth-order valence-corrected chi connectivity index (χ4v) is 2.36. The summed E-state index contributed by atoms with van der Waals surface area (Å²) < 4.78 is 0. The summed E-state index contributed by atoms with van der Waals surface area (Å²) in [5, 5.41) is 10.4. The van der Waals surface area contributed by atoms with Crippen molar-refractivity contribution in [3.05, 3.63) is 41.1 Å². The number of benzene rings is 1. The summed E-state index contributed by atoms with van der Waals surface area (Å²) in [6, 6.07) is 8.03. The van der Waals surface area contributed by atoms with Gasteiger partial charge in [0.1, 0.15) is 0 Å². The summed E-state index contributed by atoms with van der Waals surface area (Å²) in [6.07, 6.45) is 2.44. The Morgan fingerprint density at radius 2 is 2.22 bits per heavy atom. The Bertz CT molecular complexity index is 601. The number of fused-ring (bicyclic) bond motifs is 1. The van der Waals surface area contributed by atoms with Crippen LogP contribution in [-0.4, -0.2) is 16.0 Å². The van der Waals surface area contributed by atoms with Crippen molar-refractivity contribution < 1.29 is 4.79 Å². The third-order valence-electron chi connectivity index (χ3n) is 3.23. The fraction of sp³-hybridized carbons (Fsp3) is 0.286. The highest BCUT2D eigenvalue weighted by molar-refractivity contribution is 6.02. The van der Waals surface area contributed by atoms with Gasteiger partial charge in [-0.2, -0.15) is 5.10 Å². The highest BCUT2D eigenvalue weighted by Crippen LogP contribution is 2.27. The van der Waals surface area contributed by atoms with Crippen molar-refractivity contribution in [1.82, 2.24) is 10.2 Å². The van der Waals surface area contributed by atoms with Crippen molar-refractivity contribution in [2.75, 3.05) is 5.32 Å². The molecule has 0 saturated heterocycles. The Balaban J connectivity index is 1.94. The molecule has 0 amide bonds. The minimum atomic E-state index is 0.181. The minimum absolute atomic E-state index is 0.181. The van der Waals surface area contributed by atoms with Gasteiger partial charge >= 0.3 is 0 Å². The summed E-state index contributed by atoms with van der Waals surface area (Å²) in [7, 11) is 0. The van der Waals surface area contributed by atoms with Gasteiger partial charge in [0.05, 0.1) is 5.56 Å². The zero-order valence-electron chi connectivity index (χ0n) is 10.3. The van der Waals surface area contributed by atoms with E-state index in [0.717, 1.165) is 29.8 Å². The number of Topliss-reactive ketones (excluding diaryl/α,β-unsaturated/α-hetero) is 1. The van der Waals surface area contributed by atoms with Gasteiger partial charge in [-0.15, -0.1) is 0 Å². The van der Waals surface area contributed by atoms with Crippen LogP contribution in [0.4, 0.5) is 11.5 Å². The zero-order valence-corrected chi connectivity index (χ0v) is 10.3. The third-order valence-corrected chi connectivity index (χ3v) is 3.23. The standard InChI is InChI=1S/C14H15N3O/c1-9-4-2-5-10(8-9)15-14-13-11(16-17-14)6-3-7-12(13)18/h2,4-5,8H,3,6-7H2,1H3,(H2,15,16,17). The van der Waals surface area contributed by atoms with E-state index in [-0.39, 0.29) is 5.78 Å². The van der Waals surface area contributed by atoms with Crippen molar-refractivity contribution in [1.29, 1.82) is 0 Å². The van der Waals surface area contributed by atoms with Gasteiger partial charge in [0.2, 0.25) is 0 Å². The highest BCUT2D eigenvalue weighted by Gasteiger charge is 2.23. The highest BCUT2D eigenvalue weighted by atomic mass is 16.1. The normalized spacial score (nSPS) is 14.4.